The van der Waals surface area contributed by atoms with Crippen molar-refractivity contribution >= 4 is 33.7 Å². The van der Waals surface area contributed by atoms with Crippen molar-refractivity contribution in [2.45, 2.75) is 27.4 Å². The number of nitrogens with one attached hydrogen (secondary N) is 1. The first-order valence-corrected chi connectivity index (χ1v) is 11.2. The molecule has 1 amide bonds. The predicted molar refractivity (Wildman–Crippen MR) is 121 cm³/mol. The van der Waals surface area contributed by atoms with E-state index in [1.165, 1.54) is 23.3 Å². The maximum absolute atomic E-state index is 12.7. The molecule has 9 heteroatoms. The van der Waals surface area contributed by atoms with Crippen molar-refractivity contribution < 1.29 is 18.8 Å². The number of carbonyl (C=O) groups is 1. The topological polar surface area (TPSA) is 86.5 Å². The van der Waals surface area contributed by atoms with E-state index in [1.54, 1.807) is 29.5 Å². The number of hydrogen-bond donors (Lipinski definition) is 1. The van der Waals surface area contributed by atoms with Crippen molar-refractivity contribution in [3.8, 4) is 22.1 Å². The number of methoxy groups -OCH3 is 1. The largest absolute Gasteiger partial charge is 0.493 e. The van der Waals surface area contributed by atoms with Gasteiger partial charge >= 0.3 is 0 Å². The molecule has 0 saturated carbocycles. The number of ether oxygens (including phenoxy) is 2. The van der Waals surface area contributed by atoms with Crippen molar-refractivity contribution in [3.63, 3.8) is 0 Å². The number of carbonyl (C=O) groups excluding carboxylic acids is 1. The maximum atomic E-state index is 12.7. The van der Waals surface area contributed by atoms with E-state index < -0.39 is 0 Å². The van der Waals surface area contributed by atoms with Crippen LogP contribution in [0.4, 0.5) is 5.13 Å². The molecule has 0 fully saturated rings. The number of amides is 1. The second-order valence-corrected chi connectivity index (χ2v) is 9.01. The third kappa shape index (κ3) is 4.62. The lowest BCUT2D eigenvalue weighted by Gasteiger charge is -2.12. The molecule has 0 spiro atoms. The lowest BCUT2D eigenvalue weighted by molar-refractivity contribution is 0.102. The van der Waals surface area contributed by atoms with Gasteiger partial charge in [0.1, 0.15) is 12.4 Å². The second-order valence-electron chi connectivity index (χ2n) is 6.86. The Morgan fingerprint density at radius 2 is 2.00 bits per heavy atom. The molecule has 0 aliphatic carbocycles. The van der Waals surface area contributed by atoms with Crippen LogP contribution in [0.3, 0.4) is 0 Å². The summed E-state index contributed by atoms with van der Waals surface area (Å²) >= 11 is 3.06. The van der Waals surface area contributed by atoms with Gasteiger partial charge in [-0.3, -0.25) is 10.1 Å². The summed E-state index contributed by atoms with van der Waals surface area (Å²) in [6.45, 7) is 6.06. The van der Waals surface area contributed by atoms with Crippen LogP contribution in [-0.4, -0.2) is 23.2 Å². The van der Waals surface area contributed by atoms with Crippen molar-refractivity contribution in [1.82, 2.24) is 10.1 Å². The molecular weight excluding hydrogens is 434 g/mol. The van der Waals surface area contributed by atoms with Gasteiger partial charge in [-0.25, -0.2) is 4.98 Å². The van der Waals surface area contributed by atoms with Crippen LogP contribution in [0.25, 0.3) is 10.6 Å². The number of rotatable bonds is 7. The first-order chi connectivity index (χ1) is 14.9. The summed E-state index contributed by atoms with van der Waals surface area (Å²) in [6.07, 6.45) is 0. The van der Waals surface area contributed by atoms with Crippen LogP contribution >= 0.6 is 22.7 Å². The Morgan fingerprint density at radius 3 is 2.68 bits per heavy atom. The van der Waals surface area contributed by atoms with E-state index in [9.17, 15) is 4.79 Å². The highest BCUT2D eigenvalue weighted by Gasteiger charge is 2.15. The normalized spacial score (nSPS) is 10.8. The summed E-state index contributed by atoms with van der Waals surface area (Å²) < 4.78 is 16.5. The molecule has 1 N–H and O–H groups in total. The molecule has 0 radical (unpaired) electrons. The van der Waals surface area contributed by atoms with Crippen molar-refractivity contribution in [2.75, 3.05) is 12.4 Å². The summed E-state index contributed by atoms with van der Waals surface area (Å²) in [5, 5.41) is 9.26. The summed E-state index contributed by atoms with van der Waals surface area (Å²) in [7, 11) is 1.54. The molecule has 0 aliphatic heterocycles. The van der Waals surface area contributed by atoms with Crippen LogP contribution in [0.5, 0.6) is 11.5 Å². The third-order valence-electron chi connectivity index (χ3n) is 4.70. The monoisotopic (exact) mass is 455 g/mol. The predicted octanol–water partition coefficient (Wildman–Crippen LogP) is 5.62. The van der Waals surface area contributed by atoms with Crippen molar-refractivity contribution in [2.24, 2.45) is 0 Å². The molecule has 0 atom stereocenters. The smallest absolute Gasteiger partial charge is 0.257 e. The molecule has 0 bridgehead atoms. The quantitative estimate of drug-likeness (QED) is 0.389. The van der Waals surface area contributed by atoms with Crippen LogP contribution in [0, 0.1) is 20.8 Å². The Bertz CT molecular complexity index is 1210. The van der Waals surface area contributed by atoms with E-state index in [0.717, 1.165) is 21.8 Å². The van der Waals surface area contributed by atoms with Gasteiger partial charge in [-0.05, 0) is 51.1 Å². The molecule has 160 valence electrons. The SMILES string of the molecule is COc1cc(C(=O)Nc2nc(-c3ccc(C)s3)cs2)ccc1OCc1c(C)noc1C. The van der Waals surface area contributed by atoms with Crippen molar-refractivity contribution in [3.05, 3.63) is 63.2 Å². The zero-order valence-corrected chi connectivity index (χ0v) is 19.1. The molecule has 4 rings (SSSR count). The molecular formula is C22H21N3O4S2. The standard InChI is InChI=1S/C22H21N3O4S2/c1-12-5-8-20(31-12)17-11-30-22(23-17)24-21(26)15-6-7-18(19(9-15)27-4)28-10-16-13(2)25-29-14(16)3/h5-9,11H,10H2,1-4H3,(H,23,24,26). The number of nitrogens with zero attached hydrogens (tertiary/aromatic N) is 2. The highest BCUT2D eigenvalue weighted by molar-refractivity contribution is 7.17. The minimum Gasteiger partial charge on any atom is -0.493 e. The number of anilines is 1. The van der Waals surface area contributed by atoms with Gasteiger partial charge in [0.2, 0.25) is 0 Å². The zero-order valence-electron chi connectivity index (χ0n) is 17.5. The van der Waals surface area contributed by atoms with Crippen LogP contribution < -0.4 is 14.8 Å². The van der Waals surface area contributed by atoms with Crippen LogP contribution in [-0.2, 0) is 6.61 Å². The fourth-order valence-electron chi connectivity index (χ4n) is 2.97. The number of hydrogen-bond acceptors (Lipinski definition) is 8. The molecule has 4 aromatic rings. The Morgan fingerprint density at radius 1 is 1.16 bits per heavy atom. The van der Waals surface area contributed by atoms with Crippen LogP contribution in [0.2, 0.25) is 0 Å². The fraction of sp³-hybridized carbons (Fsp3) is 0.227. The van der Waals surface area contributed by atoms with Gasteiger partial charge in [-0.2, -0.15) is 0 Å². The van der Waals surface area contributed by atoms with Gasteiger partial charge in [0, 0.05) is 15.8 Å². The van der Waals surface area contributed by atoms with Crippen LogP contribution in [0.1, 0.15) is 32.3 Å². The maximum Gasteiger partial charge on any atom is 0.257 e. The lowest BCUT2D eigenvalue weighted by Crippen LogP contribution is -2.12. The Balaban J connectivity index is 1.45. The highest BCUT2D eigenvalue weighted by Crippen LogP contribution is 2.32. The van der Waals surface area contributed by atoms with Gasteiger partial charge < -0.3 is 14.0 Å². The summed E-state index contributed by atoms with van der Waals surface area (Å²) in [6, 6.07) is 9.15. The molecule has 3 aromatic heterocycles. The Labute approximate surface area is 187 Å². The average Bonchev–Trinajstić information content (AvgIpc) is 3.48. The number of thiophene rings is 1. The summed E-state index contributed by atoms with van der Waals surface area (Å²) in [5.41, 5.74) is 2.99. The van der Waals surface area contributed by atoms with Gasteiger partial charge in [0.05, 0.1) is 28.9 Å². The first kappa shape index (κ1) is 21.1. The first-order valence-electron chi connectivity index (χ1n) is 9.51. The molecule has 0 aliphatic rings. The van der Waals surface area contributed by atoms with E-state index in [2.05, 4.69) is 28.4 Å². The highest BCUT2D eigenvalue weighted by atomic mass is 32.1. The molecule has 1 aromatic carbocycles. The minimum absolute atomic E-state index is 0.265. The number of aromatic nitrogens is 2. The second kappa shape index (κ2) is 8.91. The van der Waals surface area contributed by atoms with Gasteiger partial charge in [0.25, 0.3) is 5.91 Å². The average molecular weight is 456 g/mol. The fourth-order valence-corrected chi connectivity index (χ4v) is 4.58. The van der Waals surface area contributed by atoms with Crippen LogP contribution in [0.15, 0.2) is 40.2 Å². The van der Waals surface area contributed by atoms with E-state index in [4.69, 9.17) is 14.0 Å². The lowest BCUT2D eigenvalue weighted by atomic mass is 10.2. The van der Waals surface area contributed by atoms with Gasteiger partial charge in [-0.1, -0.05) is 5.16 Å². The minimum atomic E-state index is -0.265. The van der Waals surface area contributed by atoms with E-state index in [-0.39, 0.29) is 5.91 Å². The number of benzene rings is 1. The third-order valence-corrected chi connectivity index (χ3v) is 6.48. The summed E-state index contributed by atoms with van der Waals surface area (Å²) in [5.74, 6) is 1.45. The van der Waals surface area contributed by atoms with E-state index >= 15 is 0 Å². The molecule has 3 heterocycles. The van der Waals surface area contributed by atoms with E-state index in [1.807, 2.05) is 25.3 Å². The number of aryl methyl sites for hydroxylation is 3. The van der Waals surface area contributed by atoms with Gasteiger partial charge in [-0.15, -0.1) is 22.7 Å². The van der Waals surface area contributed by atoms with Crippen molar-refractivity contribution in [1.29, 1.82) is 0 Å². The summed E-state index contributed by atoms with van der Waals surface area (Å²) in [4.78, 5) is 19.5. The Hall–Kier alpha value is -3.17. The zero-order chi connectivity index (χ0) is 22.0. The molecule has 0 unspecified atom stereocenters. The molecule has 31 heavy (non-hydrogen) atoms. The Kier molecular flexibility index (Phi) is 6.06. The molecule has 7 nitrogen and oxygen atoms in total. The van der Waals surface area contributed by atoms with Gasteiger partial charge in [0.15, 0.2) is 16.6 Å². The van der Waals surface area contributed by atoms with E-state index in [0.29, 0.717) is 34.6 Å². The number of thiazole rings is 1. The molecule has 0 saturated heterocycles.